The van der Waals surface area contributed by atoms with E-state index in [1.165, 1.54) is 31.2 Å². The molecule has 4 heteroatoms. The summed E-state index contributed by atoms with van der Waals surface area (Å²) in [5.74, 6) is 0.862. The van der Waals surface area contributed by atoms with Crippen LogP contribution in [0.15, 0.2) is 18.5 Å². The maximum absolute atomic E-state index is 4.44. The Hall–Kier alpha value is -1.42. The molecule has 0 saturated heterocycles. The van der Waals surface area contributed by atoms with E-state index in [1.807, 2.05) is 23.7 Å². The maximum atomic E-state index is 4.44. The van der Waals surface area contributed by atoms with E-state index in [0.717, 1.165) is 23.8 Å². The van der Waals surface area contributed by atoms with Gasteiger partial charge in [0, 0.05) is 36.6 Å². The number of hydrogen-bond acceptors (Lipinski definition) is 3. The van der Waals surface area contributed by atoms with Gasteiger partial charge in [-0.25, -0.2) is 9.50 Å². The van der Waals surface area contributed by atoms with Crippen molar-refractivity contribution in [2.75, 3.05) is 0 Å². The van der Waals surface area contributed by atoms with E-state index in [2.05, 4.69) is 28.5 Å². The van der Waals surface area contributed by atoms with Crippen LogP contribution in [0.25, 0.3) is 5.65 Å². The predicted molar refractivity (Wildman–Crippen MR) is 76.0 cm³/mol. The van der Waals surface area contributed by atoms with Crippen LogP contribution in [-0.4, -0.2) is 20.6 Å². The molecule has 1 saturated carbocycles. The van der Waals surface area contributed by atoms with Gasteiger partial charge in [0.2, 0.25) is 0 Å². The highest BCUT2D eigenvalue weighted by Crippen LogP contribution is 2.23. The van der Waals surface area contributed by atoms with Gasteiger partial charge >= 0.3 is 0 Å². The zero-order chi connectivity index (χ0) is 13.2. The summed E-state index contributed by atoms with van der Waals surface area (Å²) in [5, 5.41) is 8.07. The first kappa shape index (κ1) is 12.6. The average molecular weight is 258 g/mol. The van der Waals surface area contributed by atoms with Gasteiger partial charge in [-0.3, -0.25) is 0 Å². The van der Waals surface area contributed by atoms with Gasteiger partial charge in [-0.05, 0) is 25.7 Å². The second kappa shape index (κ2) is 5.29. The van der Waals surface area contributed by atoms with Crippen molar-refractivity contribution in [3.63, 3.8) is 0 Å². The average Bonchev–Trinajstić information content (AvgIpc) is 2.75. The molecule has 102 valence electrons. The van der Waals surface area contributed by atoms with E-state index in [1.54, 1.807) is 0 Å². The summed E-state index contributed by atoms with van der Waals surface area (Å²) in [6.45, 7) is 5.24. The Bertz CT molecular complexity index is 560. The molecule has 3 rings (SSSR count). The van der Waals surface area contributed by atoms with Crippen molar-refractivity contribution in [1.29, 1.82) is 0 Å². The van der Waals surface area contributed by atoms with Crippen molar-refractivity contribution in [3.8, 4) is 0 Å². The number of aromatic nitrogens is 3. The van der Waals surface area contributed by atoms with Crippen LogP contribution in [0.5, 0.6) is 0 Å². The third kappa shape index (κ3) is 2.95. The number of rotatable bonds is 3. The summed E-state index contributed by atoms with van der Waals surface area (Å²) in [7, 11) is 0. The summed E-state index contributed by atoms with van der Waals surface area (Å²) < 4.78 is 1.87. The third-order valence-corrected chi connectivity index (χ3v) is 4.02. The minimum atomic E-state index is 0.666. The molecule has 0 bridgehead atoms. The summed E-state index contributed by atoms with van der Waals surface area (Å²) in [6, 6.07) is 2.67. The second-order valence-corrected chi connectivity index (χ2v) is 5.90. The zero-order valence-corrected chi connectivity index (χ0v) is 11.8. The minimum Gasteiger partial charge on any atom is -0.310 e. The van der Waals surface area contributed by atoms with Crippen molar-refractivity contribution in [1.82, 2.24) is 19.9 Å². The van der Waals surface area contributed by atoms with E-state index < -0.39 is 0 Å². The van der Waals surface area contributed by atoms with Crippen LogP contribution in [0.4, 0.5) is 0 Å². The normalized spacial score (nSPS) is 23.9. The Labute approximate surface area is 114 Å². The summed E-state index contributed by atoms with van der Waals surface area (Å²) in [4.78, 5) is 4.44. The molecule has 19 heavy (non-hydrogen) atoms. The van der Waals surface area contributed by atoms with Gasteiger partial charge < -0.3 is 5.32 Å². The molecule has 4 nitrogen and oxygen atoms in total. The number of nitrogens with one attached hydrogen (secondary N) is 1. The van der Waals surface area contributed by atoms with Crippen LogP contribution in [0.2, 0.25) is 0 Å². The third-order valence-electron chi connectivity index (χ3n) is 4.02. The van der Waals surface area contributed by atoms with Gasteiger partial charge in [-0.1, -0.05) is 19.8 Å². The Morgan fingerprint density at radius 2 is 2.32 bits per heavy atom. The predicted octanol–water partition coefficient (Wildman–Crippen LogP) is 2.71. The van der Waals surface area contributed by atoms with Gasteiger partial charge in [0.15, 0.2) is 5.65 Å². The number of fused-ring (bicyclic) bond motifs is 1. The molecule has 0 radical (unpaired) electrons. The molecule has 1 N–H and O–H groups in total. The minimum absolute atomic E-state index is 0.666. The van der Waals surface area contributed by atoms with Gasteiger partial charge in [-0.15, -0.1) is 0 Å². The van der Waals surface area contributed by atoms with Crippen molar-refractivity contribution in [2.45, 2.75) is 52.1 Å². The van der Waals surface area contributed by atoms with Crippen LogP contribution in [-0.2, 0) is 6.54 Å². The maximum Gasteiger partial charge on any atom is 0.155 e. The SMILES string of the molecule is Cc1cc2ncc(CNC3CCCC(C)C3)cn2n1. The standard InChI is InChI=1S/C15H22N4/c1-11-4-3-5-14(6-11)16-8-13-9-17-15-7-12(2)18-19(15)10-13/h7,9-11,14,16H,3-6,8H2,1-2H3. The first-order valence-electron chi connectivity index (χ1n) is 7.25. The zero-order valence-electron chi connectivity index (χ0n) is 11.8. The lowest BCUT2D eigenvalue weighted by Gasteiger charge is -2.27. The first-order chi connectivity index (χ1) is 9.20. The Morgan fingerprint density at radius 3 is 3.16 bits per heavy atom. The topological polar surface area (TPSA) is 42.2 Å². The number of nitrogens with zero attached hydrogens (tertiary/aromatic N) is 3. The smallest absolute Gasteiger partial charge is 0.155 e. The quantitative estimate of drug-likeness (QED) is 0.920. The Balaban J connectivity index is 1.64. The lowest BCUT2D eigenvalue weighted by Crippen LogP contribution is -2.33. The van der Waals surface area contributed by atoms with E-state index in [0.29, 0.717) is 6.04 Å². The van der Waals surface area contributed by atoms with Crippen molar-refractivity contribution in [2.24, 2.45) is 5.92 Å². The lowest BCUT2D eigenvalue weighted by atomic mass is 9.87. The molecule has 1 aliphatic rings. The van der Waals surface area contributed by atoms with Gasteiger partial charge in [0.05, 0.1) is 5.69 Å². The van der Waals surface area contributed by atoms with Crippen LogP contribution in [0.3, 0.4) is 0 Å². The molecular weight excluding hydrogens is 236 g/mol. The molecule has 0 spiro atoms. The van der Waals surface area contributed by atoms with Gasteiger partial charge in [0.25, 0.3) is 0 Å². The van der Waals surface area contributed by atoms with Crippen molar-refractivity contribution < 1.29 is 0 Å². The van der Waals surface area contributed by atoms with E-state index in [9.17, 15) is 0 Å². The van der Waals surface area contributed by atoms with E-state index in [-0.39, 0.29) is 0 Å². The molecule has 0 aliphatic heterocycles. The number of aryl methyl sites for hydroxylation is 1. The summed E-state index contributed by atoms with van der Waals surface area (Å²) in [5.41, 5.74) is 3.14. The largest absolute Gasteiger partial charge is 0.310 e. The fourth-order valence-electron chi connectivity index (χ4n) is 3.01. The molecule has 0 aromatic carbocycles. The Morgan fingerprint density at radius 1 is 1.42 bits per heavy atom. The molecule has 2 unspecified atom stereocenters. The molecular formula is C15H22N4. The monoisotopic (exact) mass is 258 g/mol. The van der Waals surface area contributed by atoms with Crippen molar-refractivity contribution in [3.05, 3.63) is 29.7 Å². The van der Waals surface area contributed by atoms with Crippen LogP contribution < -0.4 is 5.32 Å². The van der Waals surface area contributed by atoms with Gasteiger partial charge in [-0.2, -0.15) is 5.10 Å². The fraction of sp³-hybridized carbons (Fsp3) is 0.600. The Kier molecular flexibility index (Phi) is 3.51. The van der Waals surface area contributed by atoms with Crippen LogP contribution in [0, 0.1) is 12.8 Å². The second-order valence-electron chi connectivity index (χ2n) is 5.90. The summed E-state index contributed by atoms with van der Waals surface area (Å²) in [6.07, 6.45) is 9.38. The molecule has 2 heterocycles. The fourth-order valence-corrected chi connectivity index (χ4v) is 3.01. The van der Waals surface area contributed by atoms with Crippen molar-refractivity contribution >= 4 is 5.65 Å². The highest BCUT2D eigenvalue weighted by atomic mass is 15.2. The number of hydrogen-bond donors (Lipinski definition) is 1. The van der Waals surface area contributed by atoms with Crippen LogP contribution >= 0.6 is 0 Å². The first-order valence-corrected chi connectivity index (χ1v) is 7.25. The van der Waals surface area contributed by atoms with Crippen LogP contribution in [0.1, 0.15) is 43.9 Å². The highest BCUT2D eigenvalue weighted by Gasteiger charge is 2.18. The molecule has 2 aromatic rings. The molecule has 1 aliphatic carbocycles. The highest BCUT2D eigenvalue weighted by molar-refractivity contribution is 5.38. The van der Waals surface area contributed by atoms with E-state index in [4.69, 9.17) is 0 Å². The molecule has 1 fully saturated rings. The molecule has 2 atom stereocenters. The molecule has 0 amide bonds. The molecule has 2 aromatic heterocycles. The van der Waals surface area contributed by atoms with E-state index >= 15 is 0 Å². The summed E-state index contributed by atoms with van der Waals surface area (Å²) >= 11 is 0. The van der Waals surface area contributed by atoms with Gasteiger partial charge in [0.1, 0.15) is 0 Å². The lowest BCUT2D eigenvalue weighted by molar-refractivity contribution is 0.300.